The van der Waals surface area contributed by atoms with Crippen LogP contribution < -0.4 is 5.32 Å². The Labute approximate surface area is 103 Å². The molecule has 98 valence electrons. The number of hydrogen-bond donors (Lipinski definition) is 2. The molecule has 0 saturated carbocycles. The van der Waals surface area contributed by atoms with Crippen LogP contribution in [0.4, 0.5) is 4.79 Å². The van der Waals surface area contributed by atoms with Crippen molar-refractivity contribution >= 4 is 6.09 Å². The minimum absolute atomic E-state index is 0.238. The van der Waals surface area contributed by atoms with E-state index in [1.165, 1.54) is 0 Å². The molecule has 1 atom stereocenters. The molecule has 0 radical (unpaired) electrons. The van der Waals surface area contributed by atoms with Gasteiger partial charge in [0.25, 0.3) is 0 Å². The van der Waals surface area contributed by atoms with Crippen LogP contribution in [0, 0.1) is 11.3 Å². The number of rotatable bonds is 2. The van der Waals surface area contributed by atoms with Crippen molar-refractivity contribution in [3.05, 3.63) is 0 Å². The monoisotopic (exact) mass is 240 g/mol. The third kappa shape index (κ3) is 2.41. The first-order valence-electron chi connectivity index (χ1n) is 6.75. The molecule has 1 unspecified atom stereocenters. The minimum Gasteiger partial charge on any atom is -0.465 e. The molecule has 2 N–H and O–H groups in total. The predicted octanol–water partition coefficient (Wildman–Crippen LogP) is 2.15. The summed E-state index contributed by atoms with van der Waals surface area (Å²) in [6.07, 6.45) is 3.60. The van der Waals surface area contributed by atoms with Crippen LogP contribution in [0.15, 0.2) is 0 Å². The summed E-state index contributed by atoms with van der Waals surface area (Å²) in [5.74, 6) is 0.562. The SMILES string of the molecule is CC(C)CC1N(C(=O)O)CCC12CCNCC2. The maximum Gasteiger partial charge on any atom is 0.407 e. The van der Waals surface area contributed by atoms with E-state index in [1.54, 1.807) is 4.90 Å². The van der Waals surface area contributed by atoms with Crippen molar-refractivity contribution in [2.45, 2.75) is 45.6 Å². The lowest BCUT2D eigenvalue weighted by atomic mass is 9.70. The Hall–Kier alpha value is -0.770. The Kier molecular flexibility index (Phi) is 3.61. The Balaban J connectivity index is 2.17. The third-order valence-electron chi connectivity index (χ3n) is 4.47. The van der Waals surface area contributed by atoms with Gasteiger partial charge in [0.2, 0.25) is 0 Å². The normalized spacial score (nSPS) is 27.9. The Morgan fingerprint density at radius 1 is 1.41 bits per heavy atom. The van der Waals surface area contributed by atoms with E-state index in [0.717, 1.165) is 45.3 Å². The highest BCUT2D eigenvalue weighted by molar-refractivity contribution is 5.66. The molecular formula is C13H24N2O2. The minimum atomic E-state index is -0.731. The fourth-order valence-corrected chi connectivity index (χ4v) is 3.56. The molecule has 4 nitrogen and oxygen atoms in total. The lowest BCUT2D eigenvalue weighted by molar-refractivity contribution is 0.0862. The maximum atomic E-state index is 11.3. The molecule has 17 heavy (non-hydrogen) atoms. The molecule has 4 heteroatoms. The molecule has 1 spiro atoms. The summed E-state index contributed by atoms with van der Waals surface area (Å²) in [6.45, 7) is 7.19. The summed E-state index contributed by atoms with van der Waals surface area (Å²) in [6, 6.07) is 0.238. The Morgan fingerprint density at radius 3 is 2.59 bits per heavy atom. The lowest BCUT2D eigenvalue weighted by Crippen LogP contribution is -2.47. The van der Waals surface area contributed by atoms with E-state index in [9.17, 15) is 9.90 Å². The van der Waals surface area contributed by atoms with E-state index in [4.69, 9.17) is 0 Å². The zero-order valence-corrected chi connectivity index (χ0v) is 10.9. The number of piperidine rings is 1. The number of nitrogens with zero attached hydrogens (tertiary/aromatic N) is 1. The fourth-order valence-electron chi connectivity index (χ4n) is 3.56. The van der Waals surface area contributed by atoms with Gasteiger partial charge in [-0.25, -0.2) is 4.79 Å². The van der Waals surface area contributed by atoms with E-state index < -0.39 is 6.09 Å². The third-order valence-corrected chi connectivity index (χ3v) is 4.47. The van der Waals surface area contributed by atoms with Crippen molar-refractivity contribution in [3.63, 3.8) is 0 Å². The fraction of sp³-hybridized carbons (Fsp3) is 0.923. The Bertz CT molecular complexity index is 285. The first kappa shape index (κ1) is 12.7. The van der Waals surface area contributed by atoms with Crippen LogP contribution in [0.3, 0.4) is 0 Å². The summed E-state index contributed by atoms with van der Waals surface area (Å²) < 4.78 is 0. The maximum absolute atomic E-state index is 11.3. The van der Waals surface area contributed by atoms with Crippen molar-refractivity contribution in [2.24, 2.45) is 11.3 Å². The molecule has 0 aromatic heterocycles. The highest BCUT2D eigenvalue weighted by Crippen LogP contribution is 2.46. The summed E-state index contributed by atoms with van der Waals surface area (Å²) in [5.41, 5.74) is 0.258. The van der Waals surface area contributed by atoms with E-state index in [0.29, 0.717) is 5.92 Å². The van der Waals surface area contributed by atoms with Crippen molar-refractivity contribution in [3.8, 4) is 0 Å². The second-order valence-electron chi connectivity index (χ2n) is 5.98. The van der Waals surface area contributed by atoms with Gasteiger partial charge in [-0.3, -0.25) is 0 Å². The van der Waals surface area contributed by atoms with Gasteiger partial charge in [0.15, 0.2) is 0 Å². The van der Waals surface area contributed by atoms with E-state index >= 15 is 0 Å². The molecule has 2 rings (SSSR count). The van der Waals surface area contributed by atoms with Crippen molar-refractivity contribution in [2.75, 3.05) is 19.6 Å². The molecule has 0 aromatic carbocycles. The summed E-state index contributed by atoms with van der Waals surface area (Å²) >= 11 is 0. The van der Waals surface area contributed by atoms with Gasteiger partial charge in [0.1, 0.15) is 0 Å². The van der Waals surface area contributed by atoms with Crippen LogP contribution in [0.2, 0.25) is 0 Å². The number of likely N-dealkylation sites (tertiary alicyclic amines) is 1. The van der Waals surface area contributed by atoms with Gasteiger partial charge in [-0.05, 0) is 50.1 Å². The molecule has 2 heterocycles. The largest absolute Gasteiger partial charge is 0.465 e. The molecule has 0 aromatic rings. The second kappa shape index (κ2) is 4.84. The zero-order chi connectivity index (χ0) is 12.5. The second-order valence-corrected chi connectivity index (χ2v) is 5.98. The number of nitrogens with one attached hydrogen (secondary N) is 1. The van der Waals surface area contributed by atoms with Gasteiger partial charge in [-0.2, -0.15) is 0 Å². The van der Waals surface area contributed by atoms with Gasteiger partial charge in [0.05, 0.1) is 0 Å². The molecule has 2 saturated heterocycles. The molecule has 2 aliphatic rings. The zero-order valence-electron chi connectivity index (χ0n) is 10.9. The quantitative estimate of drug-likeness (QED) is 0.777. The highest BCUT2D eigenvalue weighted by Gasteiger charge is 2.49. The van der Waals surface area contributed by atoms with Gasteiger partial charge in [-0.15, -0.1) is 0 Å². The molecule has 0 aliphatic carbocycles. The van der Waals surface area contributed by atoms with Crippen LogP contribution in [0.5, 0.6) is 0 Å². The number of hydrogen-bond acceptors (Lipinski definition) is 2. The summed E-state index contributed by atoms with van der Waals surface area (Å²) in [4.78, 5) is 13.0. The molecule has 1 amide bonds. The lowest BCUT2D eigenvalue weighted by Gasteiger charge is -2.41. The van der Waals surface area contributed by atoms with Crippen LogP contribution in [-0.2, 0) is 0 Å². The molecular weight excluding hydrogens is 216 g/mol. The molecule has 2 aliphatic heterocycles. The average Bonchev–Trinajstić information content (AvgIpc) is 2.58. The smallest absolute Gasteiger partial charge is 0.407 e. The van der Waals surface area contributed by atoms with Crippen molar-refractivity contribution < 1.29 is 9.90 Å². The molecule has 0 bridgehead atoms. The van der Waals surface area contributed by atoms with E-state index in [-0.39, 0.29) is 11.5 Å². The van der Waals surface area contributed by atoms with Crippen LogP contribution in [0.1, 0.15) is 39.5 Å². The topological polar surface area (TPSA) is 52.6 Å². The van der Waals surface area contributed by atoms with E-state index in [2.05, 4.69) is 19.2 Å². The van der Waals surface area contributed by atoms with Crippen LogP contribution in [-0.4, -0.2) is 41.8 Å². The highest BCUT2D eigenvalue weighted by atomic mass is 16.4. The number of carboxylic acid groups (broad SMARTS) is 1. The number of amides is 1. The number of carbonyl (C=O) groups is 1. The van der Waals surface area contributed by atoms with Gasteiger partial charge < -0.3 is 15.3 Å². The molecule has 2 fully saturated rings. The van der Waals surface area contributed by atoms with Gasteiger partial charge in [-0.1, -0.05) is 13.8 Å². The van der Waals surface area contributed by atoms with Crippen molar-refractivity contribution in [1.29, 1.82) is 0 Å². The van der Waals surface area contributed by atoms with Crippen molar-refractivity contribution in [1.82, 2.24) is 10.2 Å². The van der Waals surface area contributed by atoms with Gasteiger partial charge >= 0.3 is 6.09 Å². The first-order valence-corrected chi connectivity index (χ1v) is 6.75. The van der Waals surface area contributed by atoms with Crippen LogP contribution >= 0.6 is 0 Å². The van der Waals surface area contributed by atoms with E-state index in [1.807, 2.05) is 0 Å². The average molecular weight is 240 g/mol. The van der Waals surface area contributed by atoms with Gasteiger partial charge in [0, 0.05) is 12.6 Å². The Morgan fingerprint density at radius 2 is 2.06 bits per heavy atom. The summed E-state index contributed by atoms with van der Waals surface area (Å²) in [7, 11) is 0. The predicted molar refractivity (Wildman–Crippen MR) is 67.1 cm³/mol. The first-order chi connectivity index (χ1) is 8.05. The standard InChI is InChI=1S/C13H24N2O2/c1-10(2)9-11-13(3-6-14-7-4-13)5-8-15(11)12(16)17/h10-11,14H,3-9H2,1-2H3,(H,16,17). The summed E-state index contributed by atoms with van der Waals surface area (Å²) in [5, 5.41) is 12.7. The van der Waals surface area contributed by atoms with Crippen LogP contribution in [0.25, 0.3) is 0 Å².